The van der Waals surface area contributed by atoms with Crippen LogP contribution >= 0.6 is 0 Å². The largest absolute Gasteiger partial charge is 0.426 e. The number of esters is 1. The molecule has 0 bridgehead atoms. The molecule has 0 N–H and O–H groups in total. The quantitative estimate of drug-likeness (QED) is 0.604. The number of carbonyl (C=O) groups excluding carboxylic acids is 2. The van der Waals surface area contributed by atoms with Crippen molar-refractivity contribution in [3.8, 4) is 0 Å². The first-order valence-corrected chi connectivity index (χ1v) is 8.58. The lowest BCUT2D eigenvalue weighted by molar-refractivity contribution is -0.143. The maximum atomic E-state index is 12.7. The molecule has 2 atom stereocenters. The number of allylic oxidation sites excluding steroid dienone is 2. The number of hydrogen-bond acceptors (Lipinski definition) is 3. The van der Waals surface area contributed by atoms with E-state index in [1.165, 1.54) is 0 Å². The topological polar surface area (TPSA) is 43.4 Å². The molecule has 3 heteroatoms. The molecule has 0 amide bonds. The van der Waals surface area contributed by atoms with Crippen molar-refractivity contribution < 1.29 is 14.3 Å². The monoisotopic (exact) mass is 306 g/mol. The van der Waals surface area contributed by atoms with Gasteiger partial charge in [-0.05, 0) is 24.5 Å². The van der Waals surface area contributed by atoms with Crippen molar-refractivity contribution in [2.75, 3.05) is 0 Å². The molecule has 0 heterocycles. The molecule has 3 nitrogen and oxygen atoms in total. The van der Waals surface area contributed by atoms with E-state index in [0.717, 1.165) is 38.5 Å². The Bertz CT molecular complexity index is 446. The molecule has 0 aromatic carbocycles. The highest BCUT2D eigenvalue weighted by molar-refractivity contribution is 5.90. The molecule has 0 radical (unpaired) electrons. The Hall–Kier alpha value is -1.38. The molecule has 1 aliphatic rings. The molecule has 0 saturated heterocycles. The number of carbonyl (C=O) groups is 2. The molecule has 0 aromatic rings. The van der Waals surface area contributed by atoms with Crippen LogP contribution in [0.15, 0.2) is 24.0 Å². The van der Waals surface area contributed by atoms with E-state index >= 15 is 0 Å². The van der Waals surface area contributed by atoms with Crippen LogP contribution in [0.25, 0.3) is 0 Å². The lowest BCUT2D eigenvalue weighted by atomic mass is 9.77. The predicted molar refractivity (Wildman–Crippen MR) is 89.2 cm³/mol. The molecule has 1 aliphatic carbocycles. The maximum Gasteiger partial charge on any atom is 0.313 e. The summed E-state index contributed by atoms with van der Waals surface area (Å²) in [5.74, 6) is 0.000493. The van der Waals surface area contributed by atoms with Gasteiger partial charge in [0.2, 0.25) is 0 Å². The van der Waals surface area contributed by atoms with Crippen LogP contribution in [0.4, 0.5) is 0 Å². The highest BCUT2D eigenvalue weighted by Gasteiger charge is 2.35. The average Bonchev–Trinajstić information content (AvgIpc) is 2.48. The van der Waals surface area contributed by atoms with E-state index in [-0.39, 0.29) is 29.5 Å². The van der Waals surface area contributed by atoms with Gasteiger partial charge < -0.3 is 4.74 Å². The van der Waals surface area contributed by atoms with Crippen molar-refractivity contribution in [3.05, 3.63) is 24.0 Å². The highest BCUT2D eigenvalue weighted by Crippen LogP contribution is 2.35. The fourth-order valence-electron chi connectivity index (χ4n) is 2.67. The van der Waals surface area contributed by atoms with Gasteiger partial charge in [-0.2, -0.15) is 0 Å². The van der Waals surface area contributed by atoms with Gasteiger partial charge in [0.15, 0.2) is 0 Å². The molecule has 0 aromatic heterocycles. The number of rotatable bonds is 8. The molecule has 0 spiro atoms. The number of ether oxygens (including phenoxy) is 1. The Kier molecular flexibility index (Phi) is 7.57. The first kappa shape index (κ1) is 18.7. The summed E-state index contributed by atoms with van der Waals surface area (Å²) in [6, 6.07) is 0. The molecular weight excluding hydrogens is 276 g/mol. The lowest BCUT2D eigenvalue weighted by Crippen LogP contribution is -2.30. The van der Waals surface area contributed by atoms with Crippen LogP contribution in [0.1, 0.15) is 66.2 Å². The molecule has 22 heavy (non-hydrogen) atoms. The fourth-order valence-corrected chi connectivity index (χ4v) is 2.67. The molecule has 0 fully saturated rings. The van der Waals surface area contributed by atoms with Crippen molar-refractivity contribution in [3.63, 3.8) is 0 Å². The van der Waals surface area contributed by atoms with Crippen LogP contribution < -0.4 is 0 Å². The molecule has 1 rings (SSSR count). The van der Waals surface area contributed by atoms with Gasteiger partial charge in [0.25, 0.3) is 0 Å². The summed E-state index contributed by atoms with van der Waals surface area (Å²) in [6.45, 7) is 11.9. The van der Waals surface area contributed by atoms with Crippen LogP contribution in [-0.4, -0.2) is 11.8 Å². The third kappa shape index (κ3) is 4.82. The van der Waals surface area contributed by atoms with Gasteiger partial charge in [0.1, 0.15) is 11.5 Å². The zero-order valence-corrected chi connectivity index (χ0v) is 14.5. The van der Waals surface area contributed by atoms with Crippen LogP contribution in [-0.2, 0) is 14.3 Å². The second-order valence-electron chi connectivity index (χ2n) is 6.48. The standard InChI is InChI=1S/C19H30O3/c1-6-8-10-15-12-17(22-19(21)13(3)4)14(5)16(18(15)20)11-9-7-2/h12-13,15-16H,5-11H2,1-4H3. The van der Waals surface area contributed by atoms with E-state index < -0.39 is 0 Å². The van der Waals surface area contributed by atoms with E-state index in [4.69, 9.17) is 4.74 Å². The maximum absolute atomic E-state index is 12.7. The normalized spacial score (nSPS) is 22.0. The Morgan fingerprint density at radius 2 is 1.82 bits per heavy atom. The van der Waals surface area contributed by atoms with Gasteiger partial charge in [-0.3, -0.25) is 9.59 Å². The Morgan fingerprint density at radius 3 is 2.36 bits per heavy atom. The number of unbranched alkanes of at least 4 members (excludes halogenated alkanes) is 2. The molecular formula is C19H30O3. The summed E-state index contributed by atoms with van der Waals surface area (Å²) < 4.78 is 5.50. The van der Waals surface area contributed by atoms with Gasteiger partial charge in [0.05, 0.1) is 5.92 Å². The minimum atomic E-state index is -0.259. The predicted octanol–water partition coefficient (Wildman–Crippen LogP) is 4.82. The van der Waals surface area contributed by atoms with Crippen LogP contribution in [0.3, 0.4) is 0 Å². The number of ketones is 1. The van der Waals surface area contributed by atoms with Crippen molar-refractivity contribution in [1.82, 2.24) is 0 Å². The van der Waals surface area contributed by atoms with Crippen LogP contribution in [0.2, 0.25) is 0 Å². The summed E-state index contributed by atoms with van der Waals surface area (Å²) in [6.07, 6.45) is 7.54. The van der Waals surface area contributed by atoms with E-state index in [0.29, 0.717) is 11.3 Å². The first-order valence-electron chi connectivity index (χ1n) is 8.58. The fraction of sp³-hybridized carbons (Fsp3) is 0.684. The third-order valence-corrected chi connectivity index (χ3v) is 4.20. The van der Waals surface area contributed by atoms with E-state index in [1.807, 2.05) is 19.9 Å². The van der Waals surface area contributed by atoms with Crippen molar-refractivity contribution >= 4 is 11.8 Å². The SMILES string of the molecule is C=C1C(OC(=O)C(C)C)=CC(CCCC)C(=O)C1CCCC. The number of hydrogen-bond donors (Lipinski definition) is 0. The Labute approximate surface area is 134 Å². The van der Waals surface area contributed by atoms with Gasteiger partial charge in [-0.25, -0.2) is 0 Å². The van der Waals surface area contributed by atoms with Crippen molar-refractivity contribution in [1.29, 1.82) is 0 Å². The minimum absolute atomic E-state index is 0.137. The van der Waals surface area contributed by atoms with Gasteiger partial charge in [-0.1, -0.05) is 60.0 Å². The lowest BCUT2D eigenvalue weighted by Gasteiger charge is -2.29. The summed E-state index contributed by atoms with van der Waals surface area (Å²) in [7, 11) is 0. The third-order valence-electron chi connectivity index (χ3n) is 4.20. The molecule has 2 unspecified atom stereocenters. The van der Waals surface area contributed by atoms with Crippen molar-refractivity contribution in [2.24, 2.45) is 17.8 Å². The molecule has 0 aliphatic heterocycles. The zero-order valence-electron chi connectivity index (χ0n) is 14.5. The second-order valence-corrected chi connectivity index (χ2v) is 6.48. The highest BCUT2D eigenvalue weighted by atomic mass is 16.5. The summed E-state index contributed by atoms with van der Waals surface area (Å²) >= 11 is 0. The van der Waals surface area contributed by atoms with Crippen LogP contribution in [0, 0.1) is 17.8 Å². The molecule has 0 saturated carbocycles. The van der Waals surface area contributed by atoms with Gasteiger partial charge in [0, 0.05) is 11.8 Å². The zero-order chi connectivity index (χ0) is 16.7. The minimum Gasteiger partial charge on any atom is -0.426 e. The smallest absolute Gasteiger partial charge is 0.313 e. The van der Waals surface area contributed by atoms with E-state index in [2.05, 4.69) is 20.4 Å². The molecule has 124 valence electrons. The first-order chi connectivity index (χ1) is 10.4. The summed E-state index contributed by atoms with van der Waals surface area (Å²) in [4.78, 5) is 24.6. The van der Waals surface area contributed by atoms with Gasteiger partial charge >= 0.3 is 5.97 Å². The van der Waals surface area contributed by atoms with Crippen molar-refractivity contribution in [2.45, 2.75) is 66.2 Å². The average molecular weight is 306 g/mol. The van der Waals surface area contributed by atoms with Gasteiger partial charge in [-0.15, -0.1) is 0 Å². The Balaban J connectivity index is 2.97. The summed E-state index contributed by atoms with van der Waals surface area (Å²) in [5, 5.41) is 0. The van der Waals surface area contributed by atoms with Crippen LogP contribution in [0.5, 0.6) is 0 Å². The Morgan fingerprint density at radius 1 is 1.23 bits per heavy atom. The van der Waals surface area contributed by atoms with E-state index in [9.17, 15) is 9.59 Å². The second kappa shape index (κ2) is 8.92. The number of Topliss-reactive ketones (excluding diaryl/α,β-unsaturated/α-hetero) is 1. The van der Waals surface area contributed by atoms with E-state index in [1.54, 1.807) is 0 Å². The summed E-state index contributed by atoms with van der Waals surface area (Å²) in [5.41, 5.74) is 0.681.